The van der Waals surface area contributed by atoms with Crippen LogP contribution in [0, 0.1) is 6.92 Å². The van der Waals surface area contributed by atoms with Gasteiger partial charge in [-0.3, -0.25) is 0 Å². The van der Waals surface area contributed by atoms with Gasteiger partial charge in [0, 0.05) is 17.1 Å². The molecule has 0 spiro atoms. The molecule has 0 saturated carbocycles. The fourth-order valence-corrected chi connectivity index (χ4v) is 2.87. The summed E-state index contributed by atoms with van der Waals surface area (Å²) in [6, 6.07) is 5.01. The van der Waals surface area contributed by atoms with E-state index < -0.39 is 10.0 Å². The zero-order chi connectivity index (χ0) is 11.8. The molecule has 0 fully saturated rings. The Morgan fingerprint density at radius 2 is 2.12 bits per heavy atom. The van der Waals surface area contributed by atoms with E-state index in [1.165, 1.54) is 17.4 Å². The molecule has 2 N–H and O–H groups in total. The zero-order valence-electron chi connectivity index (χ0n) is 8.54. The van der Waals surface area contributed by atoms with Crippen molar-refractivity contribution in [3.8, 4) is 10.6 Å². The summed E-state index contributed by atoms with van der Waals surface area (Å²) in [6.07, 6.45) is 1.63. The normalized spacial score (nSPS) is 11.6. The van der Waals surface area contributed by atoms with Crippen LogP contribution < -0.4 is 5.14 Å². The Bertz CT molecular complexity index is 604. The number of aryl methyl sites for hydroxylation is 1. The molecule has 2 rings (SSSR count). The molecule has 0 amide bonds. The highest BCUT2D eigenvalue weighted by Gasteiger charge is 2.16. The molecule has 2 aromatic rings. The first kappa shape index (κ1) is 11.3. The molecule has 0 aliphatic carbocycles. The number of hydrogen-bond acceptors (Lipinski definition) is 4. The molecule has 0 saturated heterocycles. The van der Waals surface area contributed by atoms with Crippen LogP contribution >= 0.6 is 11.3 Å². The van der Waals surface area contributed by atoms with E-state index in [1.54, 1.807) is 23.7 Å². The van der Waals surface area contributed by atoms with Gasteiger partial charge in [-0.1, -0.05) is 11.6 Å². The maximum absolute atomic E-state index is 11.4. The van der Waals surface area contributed by atoms with Crippen molar-refractivity contribution in [1.82, 2.24) is 4.98 Å². The third kappa shape index (κ3) is 2.13. The number of hydrogen-bond donors (Lipinski definition) is 1. The van der Waals surface area contributed by atoms with E-state index >= 15 is 0 Å². The van der Waals surface area contributed by atoms with Crippen LogP contribution in [0.2, 0.25) is 0 Å². The summed E-state index contributed by atoms with van der Waals surface area (Å²) in [5.41, 5.74) is 1.54. The molecule has 0 aliphatic heterocycles. The van der Waals surface area contributed by atoms with Gasteiger partial charge in [0.1, 0.15) is 5.01 Å². The number of thiazole rings is 1. The molecule has 0 unspecified atom stereocenters. The standard InChI is InChI=1S/C10H10N2O2S2/c1-7-2-3-9(16(11,13)14)8(6-7)10-12-4-5-15-10/h2-6H,1H3,(H2,11,13,14). The predicted octanol–water partition coefficient (Wildman–Crippen LogP) is 1.77. The van der Waals surface area contributed by atoms with Crippen molar-refractivity contribution in [1.29, 1.82) is 0 Å². The van der Waals surface area contributed by atoms with Gasteiger partial charge in [0.2, 0.25) is 10.0 Å². The first-order valence-corrected chi connectivity index (χ1v) is 6.94. The molecule has 1 heterocycles. The van der Waals surface area contributed by atoms with E-state index in [9.17, 15) is 8.42 Å². The van der Waals surface area contributed by atoms with E-state index in [2.05, 4.69) is 4.98 Å². The minimum absolute atomic E-state index is 0.119. The van der Waals surface area contributed by atoms with Crippen molar-refractivity contribution in [2.75, 3.05) is 0 Å². The fourth-order valence-electron chi connectivity index (χ4n) is 1.42. The van der Waals surface area contributed by atoms with E-state index in [1.807, 2.05) is 6.92 Å². The minimum atomic E-state index is -3.71. The third-order valence-electron chi connectivity index (χ3n) is 2.10. The molecule has 4 nitrogen and oxygen atoms in total. The van der Waals surface area contributed by atoms with Crippen LogP contribution in [0.4, 0.5) is 0 Å². The Morgan fingerprint density at radius 1 is 1.38 bits per heavy atom. The first-order chi connectivity index (χ1) is 7.48. The van der Waals surface area contributed by atoms with Gasteiger partial charge >= 0.3 is 0 Å². The van der Waals surface area contributed by atoms with E-state index in [-0.39, 0.29) is 4.90 Å². The third-order valence-corrected chi connectivity index (χ3v) is 3.88. The van der Waals surface area contributed by atoms with Crippen molar-refractivity contribution in [2.24, 2.45) is 5.14 Å². The van der Waals surface area contributed by atoms with Crippen LogP contribution in [0.3, 0.4) is 0 Å². The Morgan fingerprint density at radius 3 is 2.69 bits per heavy atom. The second-order valence-electron chi connectivity index (χ2n) is 3.38. The van der Waals surface area contributed by atoms with Gasteiger partial charge < -0.3 is 0 Å². The lowest BCUT2D eigenvalue weighted by molar-refractivity contribution is 0.598. The SMILES string of the molecule is Cc1ccc(S(N)(=O)=O)c(-c2nccs2)c1. The topological polar surface area (TPSA) is 73.1 Å². The lowest BCUT2D eigenvalue weighted by Crippen LogP contribution is -2.13. The number of nitrogens with two attached hydrogens (primary N) is 1. The molecule has 84 valence electrons. The molecule has 16 heavy (non-hydrogen) atoms. The Kier molecular flexibility index (Phi) is 2.79. The fraction of sp³-hybridized carbons (Fsp3) is 0.100. The van der Waals surface area contributed by atoms with E-state index in [0.29, 0.717) is 10.6 Å². The Labute approximate surface area is 97.8 Å². The van der Waals surface area contributed by atoms with Crippen LogP contribution in [0.25, 0.3) is 10.6 Å². The smallest absolute Gasteiger partial charge is 0.238 e. The summed E-state index contributed by atoms with van der Waals surface area (Å²) in [4.78, 5) is 4.22. The van der Waals surface area contributed by atoms with Crippen molar-refractivity contribution in [2.45, 2.75) is 11.8 Å². The van der Waals surface area contributed by atoms with Gasteiger partial charge in [0.15, 0.2) is 0 Å². The molecule has 0 atom stereocenters. The number of rotatable bonds is 2. The number of benzene rings is 1. The second-order valence-corrected chi connectivity index (χ2v) is 5.81. The molecule has 6 heteroatoms. The number of nitrogens with zero attached hydrogens (tertiary/aromatic N) is 1. The number of sulfonamides is 1. The monoisotopic (exact) mass is 254 g/mol. The average Bonchev–Trinajstić information content (AvgIpc) is 2.68. The number of aromatic nitrogens is 1. The van der Waals surface area contributed by atoms with Crippen LogP contribution in [0.5, 0.6) is 0 Å². The van der Waals surface area contributed by atoms with Crippen LogP contribution in [-0.4, -0.2) is 13.4 Å². The van der Waals surface area contributed by atoms with E-state index in [0.717, 1.165) is 5.56 Å². The van der Waals surface area contributed by atoms with Gasteiger partial charge in [-0.15, -0.1) is 11.3 Å². The molecule has 1 aromatic carbocycles. The summed E-state index contributed by atoms with van der Waals surface area (Å²) in [6.45, 7) is 1.89. The molecular formula is C10H10N2O2S2. The van der Waals surface area contributed by atoms with Crippen LogP contribution in [0.15, 0.2) is 34.7 Å². The molecule has 0 aliphatic rings. The highest BCUT2D eigenvalue weighted by Crippen LogP contribution is 2.29. The zero-order valence-corrected chi connectivity index (χ0v) is 10.2. The van der Waals surface area contributed by atoms with Crippen molar-refractivity contribution in [3.63, 3.8) is 0 Å². The Hall–Kier alpha value is -1.24. The number of primary sulfonamides is 1. The maximum atomic E-state index is 11.4. The van der Waals surface area contributed by atoms with Gasteiger partial charge in [-0.25, -0.2) is 18.5 Å². The second kappa shape index (κ2) is 3.97. The largest absolute Gasteiger partial charge is 0.245 e. The summed E-state index contributed by atoms with van der Waals surface area (Å²) in [5.74, 6) is 0. The van der Waals surface area contributed by atoms with Gasteiger partial charge in [-0.2, -0.15) is 0 Å². The molecule has 0 bridgehead atoms. The van der Waals surface area contributed by atoms with Crippen molar-refractivity contribution < 1.29 is 8.42 Å². The Balaban J connectivity index is 2.73. The summed E-state index contributed by atoms with van der Waals surface area (Å²) >= 11 is 1.38. The summed E-state index contributed by atoms with van der Waals surface area (Å²) < 4.78 is 22.8. The van der Waals surface area contributed by atoms with E-state index in [4.69, 9.17) is 5.14 Å². The van der Waals surface area contributed by atoms with Crippen molar-refractivity contribution >= 4 is 21.4 Å². The van der Waals surface area contributed by atoms with Crippen molar-refractivity contribution in [3.05, 3.63) is 35.3 Å². The molecular weight excluding hydrogens is 244 g/mol. The minimum Gasteiger partial charge on any atom is -0.245 e. The summed E-state index contributed by atoms with van der Waals surface area (Å²) in [7, 11) is -3.71. The molecule has 0 radical (unpaired) electrons. The lowest BCUT2D eigenvalue weighted by atomic mass is 10.1. The van der Waals surface area contributed by atoms with Gasteiger partial charge in [-0.05, 0) is 19.1 Å². The lowest BCUT2D eigenvalue weighted by Gasteiger charge is -2.05. The predicted molar refractivity (Wildman–Crippen MR) is 63.7 cm³/mol. The first-order valence-electron chi connectivity index (χ1n) is 4.52. The highest BCUT2D eigenvalue weighted by atomic mass is 32.2. The quantitative estimate of drug-likeness (QED) is 0.887. The summed E-state index contributed by atoms with van der Waals surface area (Å²) in [5, 5.41) is 7.62. The highest BCUT2D eigenvalue weighted by molar-refractivity contribution is 7.89. The van der Waals surface area contributed by atoms with Crippen LogP contribution in [0.1, 0.15) is 5.56 Å². The maximum Gasteiger partial charge on any atom is 0.238 e. The van der Waals surface area contributed by atoms with Gasteiger partial charge in [0.05, 0.1) is 4.90 Å². The average molecular weight is 254 g/mol. The van der Waals surface area contributed by atoms with Gasteiger partial charge in [0.25, 0.3) is 0 Å². The van der Waals surface area contributed by atoms with Crippen LogP contribution in [-0.2, 0) is 10.0 Å². The molecule has 1 aromatic heterocycles.